The van der Waals surface area contributed by atoms with Crippen molar-refractivity contribution in [2.75, 3.05) is 11.1 Å². The van der Waals surface area contributed by atoms with E-state index >= 15 is 0 Å². The van der Waals surface area contributed by atoms with Gasteiger partial charge in [0.25, 0.3) is 5.56 Å². The van der Waals surface area contributed by atoms with Gasteiger partial charge in [0, 0.05) is 11.4 Å². The van der Waals surface area contributed by atoms with E-state index in [0.717, 1.165) is 6.20 Å². The fraction of sp³-hybridized carbons (Fsp3) is 0.167. The number of hydrogen-bond donors (Lipinski definition) is 2. The molecule has 0 aliphatic carbocycles. The number of benzene rings is 1. The van der Waals surface area contributed by atoms with Crippen LogP contribution in [0.15, 0.2) is 35.3 Å². The Morgan fingerprint density at radius 3 is 2.71 bits per heavy atom. The van der Waals surface area contributed by atoms with Gasteiger partial charge in [-0.25, -0.2) is 4.68 Å². The maximum atomic E-state index is 12.3. The first-order valence-corrected chi connectivity index (χ1v) is 6.09. The van der Waals surface area contributed by atoms with Gasteiger partial charge in [-0.1, -0.05) is 17.7 Å². The molecule has 2 aromatic rings. The minimum absolute atomic E-state index is 0.102. The van der Waals surface area contributed by atoms with Crippen molar-refractivity contribution in [1.29, 1.82) is 0 Å². The average Bonchev–Trinajstić information content (AvgIpc) is 2.37. The van der Waals surface area contributed by atoms with Crippen molar-refractivity contribution >= 4 is 28.7 Å². The van der Waals surface area contributed by atoms with Gasteiger partial charge in [-0.2, -0.15) is 18.3 Å². The molecule has 0 spiro atoms. The molecule has 0 saturated heterocycles. The van der Waals surface area contributed by atoms with Crippen molar-refractivity contribution in [3.05, 3.63) is 45.8 Å². The summed E-state index contributed by atoms with van der Waals surface area (Å²) in [5, 5.41) is 5.85. The summed E-state index contributed by atoms with van der Waals surface area (Å²) in [6.07, 6.45) is -3.50. The highest BCUT2D eigenvalue weighted by atomic mass is 35.5. The first-order valence-electron chi connectivity index (χ1n) is 5.71. The average molecular weight is 319 g/mol. The van der Waals surface area contributed by atoms with Gasteiger partial charge >= 0.3 is 6.18 Å². The summed E-state index contributed by atoms with van der Waals surface area (Å²) >= 11 is 5.78. The standard InChI is InChI=1S/C12H10ClF3N4O/c13-10-9(19-8-3-1-2-7(17)4-8)5-18-20(11(10)21)6-12(14,15)16/h1-5,19H,6,17H2. The minimum Gasteiger partial charge on any atom is -0.399 e. The van der Waals surface area contributed by atoms with Crippen LogP contribution >= 0.6 is 11.6 Å². The molecule has 1 heterocycles. The minimum atomic E-state index is -4.55. The molecule has 0 aliphatic rings. The van der Waals surface area contributed by atoms with Gasteiger partial charge < -0.3 is 11.1 Å². The van der Waals surface area contributed by atoms with Crippen molar-refractivity contribution in [2.45, 2.75) is 12.7 Å². The molecule has 2 rings (SSSR count). The van der Waals surface area contributed by atoms with Crippen LogP contribution in [0.3, 0.4) is 0 Å². The van der Waals surface area contributed by atoms with Crippen LogP contribution in [0, 0.1) is 0 Å². The summed E-state index contributed by atoms with van der Waals surface area (Å²) in [7, 11) is 0. The van der Waals surface area contributed by atoms with E-state index in [1.54, 1.807) is 24.3 Å². The zero-order valence-corrected chi connectivity index (χ0v) is 11.2. The fourth-order valence-electron chi connectivity index (χ4n) is 1.61. The van der Waals surface area contributed by atoms with Crippen LogP contribution in [0.25, 0.3) is 0 Å². The molecule has 9 heteroatoms. The summed E-state index contributed by atoms with van der Waals surface area (Å²) in [6, 6.07) is 6.57. The lowest BCUT2D eigenvalue weighted by molar-refractivity contribution is -0.143. The number of nitrogens with one attached hydrogen (secondary N) is 1. The molecule has 0 atom stereocenters. The number of rotatable bonds is 3. The van der Waals surface area contributed by atoms with Crippen LogP contribution in [-0.4, -0.2) is 16.0 Å². The molecule has 0 bridgehead atoms. The van der Waals surface area contributed by atoms with Crippen molar-refractivity contribution in [3.8, 4) is 0 Å². The van der Waals surface area contributed by atoms with Gasteiger partial charge in [0.05, 0.1) is 11.9 Å². The third-order valence-electron chi connectivity index (χ3n) is 2.48. The van der Waals surface area contributed by atoms with E-state index in [4.69, 9.17) is 17.3 Å². The third-order valence-corrected chi connectivity index (χ3v) is 2.84. The van der Waals surface area contributed by atoms with Gasteiger partial charge in [0.1, 0.15) is 11.6 Å². The topological polar surface area (TPSA) is 72.9 Å². The predicted octanol–water partition coefficient (Wildman–Crippen LogP) is 2.78. The maximum absolute atomic E-state index is 12.3. The number of hydrogen-bond acceptors (Lipinski definition) is 4. The smallest absolute Gasteiger partial charge is 0.399 e. The van der Waals surface area contributed by atoms with E-state index in [0.29, 0.717) is 11.4 Å². The number of nitrogen functional groups attached to an aromatic ring is 1. The van der Waals surface area contributed by atoms with E-state index in [2.05, 4.69) is 10.4 Å². The molecule has 1 aromatic heterocycles. The summed E-state index contributed by atoms with van der Waals surface area (Å²) in [5.74, 6) is 0. The van der Waals surface area contributed by atoms with Crippen molar-refractivity contribution in [2.24, 2.45) is 0 Å². The number of nitrogens with zero attached hydrogens (tertiary/aromatic N) is 2. The van der Waals surface area contributed by atoms with Gasteiger partial charge in [0.2, 0.25) is 0 Å². The van der Waals surface area contributed by atoms with Crippen LogP contribution in [0.4, 0.5) is 30.2 Å². The van der Waals surface area contributed by atoms with Gasteiger partial charge in [-0.3, -0.25) is 4.79 Å². The fourth-order valence-corrected chi connectivity index (χ4v) is 1.80. The molecule has 0 amide bonds. The second-order valence-electron chi connectivity index (χ2n) is 4.20. The molecule has 0 radical (unpaired) electrons. The number of anilines is 3. The summed E-state index contributed by atoms with van der Waals surface area (Å²) in [6.45, 7) is -1.50. The Bertz CT molecular complexity index is 714. The Hall–Kier alpha value is -2.22. The summed E-state index contributed by atoms with van der Waals surface area (Å²) in [5.41, 5.74) is 5.69. The Balaban J connectivity index is 2.31. The molecule has 0 aliphatic heterocycles. The molecule has 5 nitrogen and oxygen atoms in total. The van der Waals surface area contributed by atoms with Crippen LogP contribution in [0.1, 0.15) is 0 Å². The van der Waals surface area contributed by atoms with Crippen LogP contribution < -0.4 is 16.6 Å². The van der Waals surface area contributed by atoms with E-state index in [1.807, 2.05) is 0 Å². The Labute approximate surface area is 122 Å². The maximum Gasteiger partial charge on any atom is 0.408 e. The predicted molar refractivity (Wildman–Crippen MR) is 73.7 cm³/mol. The van der Waals surface area contributed by atoms with Gasteiger partial charge in [0.15, 0.2) is 0 Å². The molecule has 0 saturated carbocycles. The highest BCUT2D eigenvalue weighted by Gasteiger charge is 2.29. The molecule has 21 heavy (non-hydrogen) atoms. The molecule has 0 fully saturated rings. The third kappa shape index (κ3) is 3.88. The lowest BCUT2D eigenvalue weighted by atomic mass is 10.3. The second-order valence-corrected chi connectivity index (χ2v) is 4.58. The van der Waals surface area contributed by atoms with Crippen molar-refractivity contribution in [3.63, 3.8) is 0 Å². The first-order chi connectivity index (χ1) is 9.76. The highest BCUT2D eigenvalue weighted by molar-refractivity contribution is 6.33. The SMILES string of the molecule is Nc1cccc(Nc2cnn(CC(F)(F)F)c(=O)c2Cl)c1. The number of aromatic nitrogens is 2. The number of alkyl halides is 3. The van der Waals surface area contributed by atoms with Crippen molar-refractivity contribution in [1.82, 2.24) is 9.78 Å². The van der Waals surface area contributed by atoms with Crippen LogP contribution in [0.5, 0.6) is 0 Å². The van der Waals surface area contributed by atoms with Crippen LogP contribution in [0.2, 0.25) is 5.02 Å². The summed E-state index contributed by atoms with van der Waals surface area (Å²) in [4.78, 5) is 11.7. The second kappa shape index (κ2) is 5.65. The normalized spacial score (nSPS) is 11.4. The molecular formula is C12H10ClF3N4O. The van der Waals surface area contributed by atoms with E-state index in [-0.39, 0.29) is 15.4 Å². The lowest BCUT2D eigenvalue weighted by Crippen LogP contribution is -2.30. The van der Waals surface area contributed by atoms with Crippen LogP contribution in [-0.2, 0) is 6.54 Å². The van der Waals surface area contributed by atoms with E-state index in [1.165, 1.54) is 0 Å². The van der Waals surface area contributed by atoms with E-state index in [9.17, 15) is 18.0 Å². The molecular weight excluding hydrogens is 309 g/mol. The van der Waals surface area contributed by atoms with Gasteiger partial charge in [-0.05, 0) is 18.2 Å². The lowest BCUT2D eigenvalue weighted by Gasteiger charge is -2.12. The molecule has 0 unspecified atom stereocenters. The zero-order chi connectivity index (χ0) is 15.6. The Kier molecular flexibility index (Phi) is 4.08. The molecule has 3 N–H and O–H groups in total. The first kappa shape index (κ1) is 15.2. The highest BCUT2D eigenvalue weighted by Crippen LogP contribution is 2.23. The van der Waals surface area contributed by atoms with Gasteiger partial charge in [-0.15, -0.1) is 0 Å². The Morgan fingerprint density at radius 1 is 1.38 bits per heavy atom. The summed E-state index contributed by atoms with van der Waals surface area (Å²) < 4.78 is 37.1. The Morgan fingerprint density at radius 2 is 2.10 bits per heavy atom. The quantitative estimate of drug-likeness (QED) is 0.854. The molecule has 112 valence electrons. The zero-order valence-electron chi connectivity index (χ0n) is 10.5. The molecule has 1 aromatic carbocycles. The number of halogens is 4. The van der Waals surface area contributed by atoms with Crippen molar-refractivity contribution < 1.29 is 13.2 Å². The van der Waals surface area contributed by atoms with E-state index < -0.39 is 18.3 Å². The monoisotopic (exact) mass is 318 g/mol. The largest absolute Gasteiger partial charge is 0.408 e. The number of nitrogens with two attached hydrogens (primary N) is 1.